The summed E-state index contributed by atoms with van der Waals surface area (Å²) in [6.45, 7) is 16.0. The zero-order valence-electron chi connectivity index (χ0n) is 29.4. The zero-order valence-corrected chi connectivity index (χ0v) is 29.4. The fourth-order valence-corrected chi connectivity index (χ4v) is 4.92. The van der Waals surface area contributed by atoms with Gasteiger partial charge in [-0.25, -0.2) is 9.37 Å². The number of pyridine rings is 1. The number of allylic oxidation sites excluding steroid dienone is 5. The van der Waals surface area contributed by atoms with Gasteiger partial charge in [-0.2, -0.15) is 8.78 Å². The number of halogens is 3. The van der Waals surface area contributed by atoms with E-state index in [-0.39, 0.29) is 24.7 Å². The number of aryl methyl sites for hydroxylation is 2. The van der Waals surface area contributed by atoms with Crippen molar-refractivity contribution in [3.05, 3.63) is 88.3 Å². The van der Waals surface area contributed by atoms with Gasteiger partial charge in [0.2, 0.25) is 0 Å². The number of rotatable bonds is 11. The fourth-order valence-electron chi connectivity index (χ4n) is 4.92. The highest BCUT2D eigenvalue weighted by atomic mass is 19.3. The Morgan fingerprint density at radius 2 is 1.79 bits per heavy atom. The van der Waals surface area contributed by atoms with Gasteiger partial charge in [0.25, 0.3) is 0 Å². The van der Waals surface area contributed by atoms with Crippen molar-refractivity contribution in [3.8, 4) is 22.8 Å². The Morgan fingerprint density at radius 1 is 1.15 bits per heavy atom. The van der Waals surface area contributed by atoms with E-state index in [1.54, 1.807) is 38.1 Å². The van der Waals surface area contributed by atoms with E-state index in [1.807, 2.05) is 57.7 Å². The lowest BCUT2D eigenvalue weighted by Gasteiger charge is -2.23. The molecule has 8 nitrogen and oxygen atoms in total. The van der Waals surface area contributed by atoms with Crippen LogP contribution in [0.15, 0.2) is 71.5 Å². The molecule has 11 heteroatoms. The molecule has 0 unspecified atom stereocenters. The lowest BCUT2D eigenvalue weighted by Crippen LogP contribution is -2.24. The van der Waals surface area contributed by atoms with Gasteiger partial charge < -0.3 is 35.7 Å². The van der Waals surface area contributed by atoms with Crippen molar-refractivity contribution < 1.29 is 32.5 Å². The maximum atomic E-state index is 13.8. The average molecular weight is 675 g/mol. The van der Waals surface area contributed by atoms with Crippen LogP contribution in [0, 0.1) is 19.8 Å². The van der Waals surface area contributed by atoms with Crippen LogP contribution >= 0.6 is 0 Å². The topological polar surface area (TPSA) is 124 Å². The predicted molar refractivity (Wildman–Crippen MR) is 187 cm³/mol. The molecule has 2 aromatic rings. The van der Waals surface area contributed by atoms with Gasteiger partial charge >= 0.3 is 6.11 Å². The summed E-state index contributed by atoms with van der Waals surface area (Å²) in [5, 5.41) is 7.35. The number of aliphatic hydroxyl groups excluding tert-OH is 1. The molecule has 1 fully saturated rings. The molecule has 1 saturated carbocycles. The average Bonchev–Trinajstić information content (AvgIpc) is 3.87. The lowest BCUT2D eigenvalue weighted by molar-refractivity contribution is -0.180. The Bertz CT molecular complexity index is 1440. The number of ether oxygens (including phenoxy) is 2. The standard InChI is InChI=1S/C21H28F2N2O2.C14H18FN.CH5NO.CH2O/c1-5-10-21(22,23)27-18-8-7-16(12-14(18)3)19-20(26-6-2)15(4)13-17(25-19)9-11-24;1-4-14-13(15)7-10(2)8-16(14)9-11(3)12-5-6-12;2-1-3;1-2/h7-8,12-13H,5-6,9-11,24H2,1-4H3;4,7-9,12H,5-6H2,1-3H3;3H,1-2H2;1H2/b;11-9+,14-4+;;. The molecule has 0 spiro atoms. The minimum atomic E-state index is -3.17. The molecule has 5 N–H and O–H groups in total. The molecule has 1 aromatic carbocycles. The van der Waals surface area contributed by atoms with Crippen molar-refractivity contribution >= 4 is 6.79 Å². The number of carbonyl (C=O) groups excluding carboxylic acids is 1. The van der Waals surface area contributed by atoms with Crippen LogP contribution in [-0.2, 0) is 11.2 Å². The highest BCUT2D eigenvalue weighted by molar-refractivity contribution is 5.70. The minimum absolute atomic E-state index is 0.151. The van der Waals surface area contributed by atoms with E-state index in [9.17, 15) is 13.2 Å². The summed E-state index contributed by atoms with van der Waals surface area (Å²) in [4.78, 5) is 14.6. The molecular formula is C37H53F3N4O4. The smallest absolute Gasteiger partial charge is 0.397 e. The summed E-state index contributed by atoms with van der Waals surface area (Å²) in [6.07, 6.45) is 7.50. The second kappa shape index (κ2) is 21.1. The molecule has 0 saturated heterocycles. The van der Waals surface area contributed by atoms with Crippen LogP contribution in [-0.4, -0.2) is 47.8 Å². The zero-order chi connectivity index (χ0) is 36.4. The monoisotopic (exact) mass is 674 g/mol. The summed E-state index contributed by atoms with van der Waals surface area (Å²) in [7, 11) is 0. The number of nitrogens with zero attached hydrogens (tertiary/aromatic N) is 2. The number of nitrogens with two attached hydrogens (primary N) is 2. The number of hydrogen-bond acceptors (Lipinski definition) is 8. The molecular weight excluding hydrogens is 621 g/mol. The molecule has 4 rings (SSSR count). The number of aliphatic hydroxyl groups is 1. The van der Waals surface area contributed by atoms with Crippen LogP contribution in [0.25, 0.3) is 11.3 Å². The van der Waals surface area contributed by atoms with E-state index in [2.05, 4.69) is 18.9 Å². The van der Waals surface area contributed by atoms with Gasteiger partial charge in [-0.1, -0.05) is 18.6 Å². The van der Waals surface area contributed by atoms with Crippen LogP contribution in [0.3, 0.4) is 0 Å². The highest BCUT2D eigenvalue weighted by Gasteiger charge is 2.31. The quantitative estimate of drug-likeness (QED) is 0.205. The second-order valence-corrected chi connectivity index (χ2v) is 11.3. The molecule has 0 amide bonds. The van der Waals surface area contributed by atoms with Gasteiger partial charge in [0, 0.05) is 30.1 Å². The maximum Gasteiger partial charge on any atom is 0.397 e. The van der Waals surface area contributed by atoms with Crippen molar-refractivity contribution in [2.45, 2.75) is 86.7 Å². The number of alkyl halides is 2. The van der Waals surface area contributed by atoms with Crippen molar-refractivity contribution in [2.75, 3.05) is 19.9 Å². The van der Waals surface area contributed by atoms with Crippen LogP contribution in [0.2, 0.25) is 0 Å². The first kappa shape index (κ1) is 42.1. The van der Waals surface area contributed by atoms with E-state index in [0.29, 0.717) is 48.7 Å². The predicted octanol–water partition coefficient (Wildman–Crippen LogP) is 8.02. The van der Waals surface area contributed by atoms with Gasteiger partial charge in [0.1, 0.15) is 29.8 Å². The fraction of sp³-hybridized carbons (Fsp3) is 0.459. The molecule has 2 aliphatic rings. The van der Waals surface area contributed by atoms with E-state index in [4.69, 9.17) is 30.1 Å². The van der Waals surface area contributed by atoms with E-state index < -0.39 is 6.11 Å². The summed E-state index contributed by atoms with van der Waals surface area (Å²) >= 11 is 0. The minimum Gasteiger partial charge on any atom is -0.491 e. The Labute approximate surface area is 284 Å². The van der Waals surface area contributed by atoms with Gasteiger partial charge in [0.05, 0.1) is 25.5 Å². The Kier molecular flexibility index (Phi) is 18.5. The second-order valence-electron chi connectivity index (χ2n) is 11.3. The van der Waals surface area contributed by atoms with Gasteiger partial charge in [-0.15, -0.1) is 0 Å². The third-order valence-electron chi connectivity index (χ3n) is 7.21. The molecule has 0 atom stereocenters. The number of carbonyl (C=O) groups is 1. The SMILES string of the molecule is C/C=C1\C(F)=CC(C)=CN1/C=C(\C)C1CC1.C=O.CCCC(F)(F)Oc1ccc(-c2nc(CCN)cc(C)c2OCC)cc1C.NCO. The van der Waals surface area contributed by atoms with Crippen LogP contribution in [0.5, 0.6) is 11.5 Å². The van der Waals surface area contributed by atoms with Crippen molar-refractivity contribution in [3.63, 3.8) is 0 Å². The first-order chi connectivity index (χ1) is 22.8. The van der Waals surface area contributed by atoms with Crippen molar-refractivity contribution in [2.24, 2.45) is 17.4 Å². The number of hydrogen-bond donors (Lipinski definition) is 3. The third-order valence-corrected chi connectivity index (χ3v) is 7.21. The molecule has 1 aromatic heterocycles. The van der Waals surface area contributed by atoms with Crippen LogP contribution in [0.4, 0.5) is 13.2 Å². The first-order valence-corrected chi connectivity index (χ1v) is 16.1. The highest BCUT2D eigenvalue weighted by Crippen LogP contribution is 2.38. The Balaban J connectivity index is 0.000000463. The van der Waals surface area contributed by atoms with Crippen LogP contribution in [0.1, 0.15) is 77.1 Å². The molecule has 266 valence electrons. The Hall–Kier alpha value is -3.93. The first-order valence-electron chi connectivity index (χ1n) is 16.1. The molecule has 2 heterocycles. The third kappa shape index (κ3) is 13.3. The number of benzene rings is 1. The van der Waals surface area contributed by atoms with Crippen LogP contribution < -0.4 is 20.9 Å². The molecule has 0 bridgehead atoms. The van der Waals surface area contributed by atoms with Gasteiger partial charge in [-0.3, -0.25) is 0 Å². The van der Waals surface area contributed by atoms with Crippen molar-refractivity contribution in [1.29, 1.82) is 0 Å². The largest absolute Gasteiger partial charge is 0.491 e. The summed E-state index contributed by atoms with van der Waals surface area (Å²) < 4.78 is 52.0. The summed E-state index contributed by atoms with van der Waals surface area (Å²) in [5.74, 6) is 1.44. The van der Waals surface area contributed by atoms with Gasteiger partial charge in [-0.05, 0) is 120 Å². The van der Waals surface area contributed by atoms with Crippen molar-refractivity contribution in [1.82, 2.24) is 9.88 Å². The van der Waals surface area contributed by atoms with E-state index >= 15 is 0 Å². The molecule has 0 radical (unpaired) electrons. The Morgan fingerprint density at radius 3 is 2.31 bits per heavy atom. The lowest BCUT2D eigenvalue weighted by atomic mass is 10.0. The normalized spacial score (nSPS) is 15.1. The number of aromatic nitrogens is 1. The summed E-state index contributed by atoms with van der Waals surface area (Å²) in [5.41, 5.74) is 17.0. The van der Waals surface area contributed by atoms with Gasteiger partial charge in [0.15, 0.2) is 0 Å². The summed E-state index contributed by atoms with van der Waals surface area (Å²) in [6, 6.07) is 7.07. The molecule has 1 aliphatic heterocycles. The van der Waals surface area contributed by atoms with E-state index in [0.717, 1.165) is 28.3 Å². The molecule has 1 aliphatic carbocycles. The molecule has 48 heavy (non-hydrogen) atoms. The maximum absolute atomic E-state index is 13.8. The van der Waals surface area contributed by atoms with E-state index in [1.165, 1.54) is 18.4 Å².